The van der Waals surface area contributed by atoms with Crippen LogP contribution >= 0.6 is 11.6 Å². The van der Waals surface area contributed by atoms with Crippen molar-refractivity contribution in [2.45, 2.75) is 63.9 Å². The van der Waals surface area contributed by atoms with Crippen LogP contribution < -0.4 is 22.1 Å². The maximum absolute atomic E-state index is 13.1. The fourth-order valence-electron chi connectivity index (χ4n) is 4.34. The van der Waals surface area contributed by atoms with E-state index in [0.29, 0.717) is 25.8 Å². The van der Waals surface area contributed by atoms with Gasteiger partial charge in [-0.25, -0.2) is 4.39 Å². The third kappa shape index (κ3) is 8.37. The van der Waals surface area contributed by atoms with Gasteiger partial charge in [0.15, 0.2) is 11.7 Å². The van der Waals surface area contributed by atoms with Crippen molar-refractivity contribution in [2.24, 2.45) is 22.4 Å². The molecule has 1 unspecified atom stereocenters. The summed E-state index contributed by atoms with van der Waals surface area (Å²) in [6.07, 6.45) is 0.289. The number of carbonyl (C=O) groups is 3. The first-order chi connectivity index (χ1) is 18.0. The van der Waals surface area contributed by atoms with Gasteiger partial charge in [-0.15, -0.1) is 0 Å². The van der Waals surface area contributed by atoms with Crippen molar-refractivity contribution < 1.29 is 23.9 Å². The molecule has 1 aromatic carbocycles. The number of aliphatic imine (C=N–C) groups is 1. The van der Waals surface area contributed by atoms with Crippen LogP contribution in [-0.2, 0) is 9.59 Å². The van der Waals surface area contributed by atoms with Gasteiger partial charge in [0.25, 0.3) is 5.91 Å². The van der Waals surface area contributed by atoms with Gasteiger partial charge in [-0.3, -0.25) is 24.3 Å². The summed E-state index contributed by atoms with van der Waals surface area (Å²) in [5.41, 5.74) is 10.9. The number of rotatable bonds is 13. The summed E-state index contributed by atoms with van der Waals surface area (Å²) in [4.78, 5) is 43.6. The Balaban J connectivity index is 2.13. The summed E-state index contributed by atoms with van der Waals surface area (Å²) in [5, 5.41) is 26.1. The van der Waals surface area contributed by atoms with Gasteiger partial charge in [-0.05, 0) is 49.8 Å². The van der Waals surface area contributed by atoms with Crippen LogP contribution in [0.4, 0.5) is 4.39 Å². The first-order valence-corrected chi connectivity index (χ1v) is 12.8. The smallest absolute Gasteiger partial charge is 0.251 e. The molecule has 7 N–H and O–H groups in total. The quantitative estimate of drug-likeness (QED) is 0.135. The fraction of sp³-hybridized carbons (Fsp3) is 0.560. The number of carbonyl (C=O) groups excluding carboxylic acids is 3. The molecule has 2 amide bonds. The number of amides is 2. The number of likely N-dealkylation sites (tertiary alicyclic amines) is 1. The van der Waals surface area contributed by atoms with Crippen LogP contribution in [0.15, 0.2) is 23.2 Å². The molecule has 1 aliphatic rings. The molecule has 1 aromatic rings. The maximum atomic E-state index is 13.1. The summed E-state index contributed by atoms with van der Waals surface area (Å²) in [6.45, 7) is 3.00. The molecular formula is C25H35ClFN7O4. The van der Waals surface area contributed by atoms with E-state index < -0.39 is 48.6 Å². The Hall–Kier alpha value is -3.27. The van der Waals surface area contributed by atoms with Gasteiger partial charge in [0, 0.05) is 18.7 Å². The second-order valence-corrected chi connectivity index (χ2v) is 9.88. The lowest BCUT2D eigenvalue weighted by molar-refractivity contribution is -0.134. The van der Waals surface area contributed by atoms with Crippen molar-refractivity contribution in [1.29, 1.82) is 5.26 Å². The predicted molar refractivity (Wildman–Crippen MR) is 141 cm³/mol. The van der Waals surface area contributed by atoms with E-state index in [1.165, 1.54) is 18.2 Å². The molecule has 0 spiro atoms. The topological polar surface area (TPSA) is 187 Å². The lowest BCUT2D eigenvalue weighted by atomic mass is 10.00. The van der Waals surface area contributed by atoms with Crippen LogP contribution in [0.2, 0.25) is 5.02 Å². The monoisotopic (exact) mass is 551 g/mol. The summed E-state index contributed by atoms with van der Waals surface area (Å²) >= 11 is 5.96. The molecule has 1 fully saturated rings. The number of aliphatic hydroxyl groups is 1. The number of nitriles is 1. The minimum absolute atomic E-state index is 0.105. The van der Waals surface area contributed by atoms with Gasteiger partial charge in [0.05, 0.1) is 28.7 Å². The summed E-state index contributed by atoms with van der Waals surface area (Å²) < 4.78 is 13.1. The average molecular weight is 552 g/mol. The van der Waals surface area contributed by atoms with Gasteiger partial charge in [0.1, 0.15) is 19.0 Å². The first kappa shape index (κ1) is 31.0. The Kier molecular flexibility index (Phi) is 11.9. The highest BCUT2D eigenvalue weighted by Crippen LogP contribution is 2.24. The highest BCUT2D eigenvalue weighted by atomic mass is 35.5. The molecule has 0 aliphatic carbocycles. The molecule has 11 nitrogen and oxygen atoms in total. The molecule has 4 atom stereocenters. The van der Waals surface area contributed by atoms with Gasteiger partial charge in [-0.2, -0.15) is 5.26 Å². The van der Waals surface area contributed by atoms with Crippen LogP contribution in [0.1, 0.15) is 55.5 Å². The van der Waals surface area contributed by atoms with Gasteiger partial charge < -0.3 is 27.2 Å². The number of benzene rings is 1. The van der Waals surface area contributed by atoms with E-state index in [2.05, 4.69) is 15.6 Å². The summed E-state index contributed by atoms with van der Waals surface area (Å²) in [5.74, 6) is -2.12. The maximum Gasteiger partial charge on any atom is 0.251 e. The first-order valence-electron chi connectivity index (χ1n) is 12.4. The van der Waals surface area contributed by atoms with Crippen LogP contribution in [-0.4, -0.2) is 77.7 Å². The molecule has 0 saturated carbocycles. The standard InChI is InChI=1S/C25H35ClFN7O4/c1-14(2)21(33-22(36)15-7-8-17(26)16(11-15)13-28)24(38)34-10-4-6-19(34)23(37)32-18(20(35)12-27)5-3-9-31-25(29)30/h7-8,11,14,18-19,21,24,38H,3-6,9-10,12H2,1-2H3,(H,32,37)(H,33,36)(H4,29,30,31)/t18-,19-,21-,24?/m0/s1. The Morgan fingerprint density at radius 3 is 2.63 bits per heavy atom. The van der Waals surface area contributed by atoms with Gasteiger partial charge in [0.2, 0.25) is 5.91 Å². The van der Waals surface area contributed by atoms with E-state index in [1.807, 2.05) is 19.9 Å². The molecule has 1 saturated heterocycles. The predicted octanol–water partition coefficient (Wildman–Crippen LogP) is 0.826. The highest BCUT2D eigenvalue weighted by Gasteiger charge is 2.40. The number of ketones is 1. The van der Waals surface area contributed by atoms with E-state index in [0.717, 1.165) is 0 Å². The van der Waals surface area contributed by atoms with Crippen molar-refractivity contribution in [3.8, 4) is 6.07 Å². The molecule has 13 heteroatoms. The zero-order valence-corrected chi connectivity index (χ0v) is 22.2. The number of hydrogen-bond donors (Lipinski definition) is 5. The number of alkyl halides is 1. The van der Waals surface area contributed by atoms with Crippen molar-refractivity contribution in [1.82, 2.24) is 15.5 Å². The highest BCUT2D eigenvalue weighted by molar-refractivity contribution is 6.31. The van der Waals surface area contributed by atoms with E-state index in [1.54, 1.807) is 4.90 Å². The molecule has 1 aliphatic heterocycles. The zero-order chi connectivity index (χ0) is 28.4. The minimum atomic E-state index is -1.23. The average Bonchev–Trinajstić information content (AvgIpc) is 3.38. The fourth-order valence-corrected chi connectivity index (χ4v) is 4.50. The minimum Gasteiger partial charge on any atom is -0.376 e. The number of nitrogens with one attached hydrogen (secondary N) is 2. The van der Waals surface area contributed by atoms with Crippen molar-refractivity contribution in [3.63, 3.8) is 0 Å². The largest absolute Gasteiger partial charge is 0.376 e. The second kappa shape index (κ2) is 14.6. The molecular weight excluding hydrogens is 517 g/mol. The van der Waals surface area contributed by atoms with Gasteiger partial charge >= 0.3 is 0 Å². The number of nitrogens with two attached hydrogens (primary N) is 2. The number of aliphatic hydroxyl groups excluding tert-OH is 1. The van der Waals surface area contributed by atoms with Crippen LogP contribution in [0.25, 0.3) is 0 Å². The number of guanidine groups is 1. The Labute approximate surface area is 226 Å². The van der Waals surface area contributed by atoms with Crippen LogP contribution in [0.3, 0.4) is 0 Å². The molecule has 1 heterocycles. The summed E-state index contributed by atoms with van der Waals surface area (Å²) in [6, 6.07) is 3.61. The van der Waals surface area contributed by atoms with E-state index >= 15 is 0 Å². The Morgan fingerprint density at radius 2 is 2.03 bits per heavy atom. The SMILES string of the molecule is CC(C)[C@H](NC(=O)c1ccc(Cl)c(C#N)c1)C(O)N1CCC[C@H]1C(=O)N[C@@H](CCCN=C(N)N)C(=O)CF. The van der Waals surface area contributed by atoms with Crippen LogP contribution in [0, 0.1) is 17.2 Å². The Morgan fingerprint density at radius 1 is 1.32 bits per heavy atom. The third-order valence-corrected chi connectivity index (χ3v) is 6.73. The second-order valence-electron chi connectivity index (χ2n) is 9.47. The number of Topliss-reactive ketones (excluding diaryl/α,β-unsaturated/α-hetero) is 1. The Bertz CT molecular complexity index is 1070. The van der Waals surface area contributed by atoms with Crippen molar-refractivity contribution in [3.05, 3.63) is 34.3 Å². The lowest BCUT2D eigenvalue weighted by Gasteiger charge is -2.36. The third-order valence-electron chi connectivity index (χ3n) is 6.40. The van der Waals surface area contributed by atoms with Crippen LogP contribution in [0.5, 0.6) is 0 Å². The van der Waals surface area contributed by atoms with Crippen molar-refractivity contribution >= 4 is 35.2 Å². The van der Waals surface area contributed by atoms with Gasteiger partial charge in [-0.1, -0.05) is 25.4 Å². The summed E-state index contributed by atoms with van der Waals surface area (Å²) in [7, 11) is 0. The molecule has 0 bridgehead atoms. The van der Waals surface area contributed by atoms with E-state index in [-0.39, 0.29) is 41.0 Å². The number of nitrogens with zero attached hydrogens (tertiary/aromatic N) is 3. The normalized spacial score (nSPS) is 17.8. The number of hydrogen-bond acceptors (Lipinski definition) is 7. The molecule has 0 aromatic heterocycles. The molecule has 2 rings (SSSR count). The van der Waals surface area contributed by atoms with E-state index in [9.17, 15) is 29.1 Å². The molecule has 38 heavy (non-hydrogen) atoms. The molecule has 208 valence electrons. The molecule has 0 radical (unpaired) electrons. The van der Waals surface area contributed by atoms with Crippen molar-refractivity contribution in [2.75, 3.05) is 19.8 Å². The lowest BCUT2D eigenvalue weighted by Crippen LogP contribution is -2.58. The van der Waals surface area contributed by atoms with E-state index in [4.69, 9.17) is 23.1 Å². The zero-order valence-electron chi connectivity index (χ0n) is 21.5. The number of halogens is 2.